The van der Waals surface area contributed by atoms with Crippen LogP contribution < -0.4 is 4.57 Å². The molecule has 0 bridgehead atoms. The van der Waals surface area contributed by atoms with E-state index in [0.717, 1.165) is 59.1 Å². The van der Waals surface area contributed by atoms with Crippen molar-refractivity contribution in [3.63, 3.8) is 0 Å². The van der Waals surface area contributed by atoms with Gasteiger partial charge >= 0.3 is 0 Å². The number of fused-ring (bicyclic) bond motifs is 2. The smallest absolute Gasteiger partial charge is 0.162 e. The van der Waals surface area contributed by atoms with E-state index < -0.39 is 0 Å². The molecule has 0 amide bonds. The maximum atomic E-state index is 11.7. The molecule has 0 aliphatic heterocycles. The SMILES string of the molecule is CCC(CC)C(=O)/C=C(\O)C(CC)CC.[CH2-][n+]1ccc(-c2ccc3sccc3n2)cc1-c1[c-]c2ccccc2c(C(C)(C)C)c1.[Ir]. The molecule has 0 saturated carbocycles. The molecular formula is C40H47IrN2O2S-. The van der Waals surface area contributed by atoms with Crippen molar-refractivity contribution in [2.24, 2.45) is 11.8 Å². The molecule has 3 heterocycles. The molecular weight excluding hydrogens is 765 g/mol. The second kappa shape index (κ2) is 16.5. The maximum absolute atomic E-state index is 11.7. The van der Waals surface area contributed by atoms with Crippen molar-refractivity contribution in [2.75, 3.05) is 0 Å². The van der Waals surface area contributed by atoms with Crippen molar-refractivity contribution in [1.29, 1.82) is 0 Å². The van der Waals surface area contributed by atoms with Crippen LogP contribution in [-0.4, -0.2) is 15.9 Å². The van der Waals surface area contributed by atoms with Crippen LogP contribution in [0.1, 0.15) is 79.7 Å². The fourth-order valence-electron chi connectivity index (χ4n) is 5.70. The largest absolute Gasteiger partial charge is 0.512 e. The molecule has 6 heteroatoms. The number of nitrogens with zero attached hydrogens (tertiary/aromatic N) is 2. The van der Waals surface area contributed by atoms with Crippen LogP contribution in [0.3, 0.4) is 0 Å². The van der Waals surface area contributed by atoms with Crippen molar-refractivity contribution >= 4 is 38.1 Å². The number of aliphatic hydroxyl groups excluding tert-OH is 1. The predicted octanol–water partition coefficient (Wildman–Crippen LogP) is 10.7. The Labute approximate surface area is 293 Å². The summed E-state index contributed by atoms with van der Waals surface area (Å²) in [6.07, 6.45) is 6.91. The Hall–Kier alpha value is -3.31. The molecule has 0 saturated heterocycles. The molecule has 3 aromatic heterocycles. The second-order valence-electron chi connectivity index (χ2n) is 12.7. The number of ketones is 1. The van der Waals surface area contributed by atoms with Crippen LogP contribution in [0.4, 0.5) is 0 Å². The fourth-order valence-corrected chi connectivity index (χ4v) is 6.43. The molecule has 1 N–H and O–H groups in total. The Morgan fingerprint density at radius 2 is 1.65 bits per heavy atom. The first-order valence-electron chi connectivity index (χ1n) is 16.1. The Morgan fingerprint density at radius 1 is 0.978 bits per heavy atom. The molecule has 1 radical (unpaired) electrons. The van der Waals surface area contributed by atoms with Crippen LogP contribution in [0.25, 0.3) is 43.5 Å². The number of benzene rings is 2. The van der Waals surface area contributed by atoms with Crippen LogP contribution in [0.15, 0.2) is 84.1 Å². The van der Waals surface area contributed by atoms with Crippen LogP contribution in [0, 0.1) is 24.9 Å². The summed E-state index contributed by atoms with van der Waals surface area (Å²) in [6, 6.07) is 24.9. The van der Waals surface area contributed by atoms with E-state index in [9.17, 15) is 9.90 Å². The molecule has 2 aromatic carbocycles. The molecule has 0 aliphatic rings. The van der Waals surface area contributed by atoms with Gasteiger partial charge in [-0.1, -0.05) is 77.6 Å². The quantitative estimate of drug-likeness (QED) is 0.0698. The van der Waals surface area contributed by atoms with Gasteiger partial charge in [0.25, 0.3) is 0 Å². The van der Waals surface area contributed by atoms with E-state index in [4.69, 9.17) is 4.98 Å². The van der Waals surface area contributed by atoms with E-state index >= 15 is 0 Å². The topological polar surface area (TPSA) is 54.1 Å². The van der Waals surface area contributed by atoms with Gasteiger partial charge in [0.05, 0.1) is 27.9 Å². The van der Waals surface area contributed by atoms with E-state index in [1.807, 2.05) is 38.5 Å². The molecule has 5 rings (SSSR count). The number of carbonyl (C=O) groups excluding carboxylic acids is 1. The van der Waals surface area contributed by atoms with Crippen molar-refractivity contribution in [2.45, 2.75) is 79.6 Å². The van der Waals surface area contributed by atoms with Gasteiger partial charge in [-0.15, -0.1) is 40.5 Å². The van der Waals surface area contributed by atoms with Gasteiger partial charge in [0.1, 0.15) is 5.69 Å². The summed E-state index contributed by atoms with van der Waals surface area (Å²) in [7, 11) is 4.22. The first-order chi connectivity index (χ1) is 21.5. The average Bonchev–Trinajstić information content (AvgIpc) is 3.50. The summed E-state index contributed by atoms with van der Waals surface area (Å²) in [5.41, 5.74) is 6.51. The summed E-state index contributed by atoms with van der Waals surface area (Å²) in [5, 5.41) is 14.2. The molecule has 245 valence electrons. The van der Waals surface area contributed by atoms with Gasteiger partial charge in [-0.25, -0.2) is 4.98 Å². The minimum atomic E-state index is 0. The van der Waals surface area contributed by atoms with E-state index in [1.165, 1.54) is 21.7 Å². The fraction of sp³-hybridized carbons (Fsp3) is 0.350. The molecule has 5 aromatic rings. The van der Waals surface area contributed by atoms with Crippen molar-refractivity contribution in [3.05, 3.63) is 103 Å². The van der Waals surface area contributed by atoms with E-state index in [0.29, 0.717) is 0 Å². The number of pyridine rings is 2. The summed E-state index contributed by atoms with van der Waals surface area (Å²) < 4.78 is 3.12. The van der Waals surface area contributed by atoms with E-state index in [-0.39, 0.29) is 48.9 Å². The van der Waals surface area contributed by atoms with Gasteiger partial charge < -0.3 is 9.67 Å². The Balaban J connectivity index is 0.000000309. The third-order valence-corrected chi connectivity index (χ3v) is 9.45. The first kappa shape index (κ1) is 37.2. The van der Waals surface area contributed by atoms with Gasteiger partial charge in [0, 0.05) is 45.1 Å². The van der Waals surface area contributed by atoms with Crippen LogP contribution in [0.2, 0.25) is 0 Å². The Morgan fingerprint density at radius 3 is 2.30 bits per heavy atom. The predicted molar refractivity (Wildman–Crippen MR) is 190 cm³/mol. The van der Waals surface area contributed by atoms with E-state index in [1.54, 1.807) is 11.3 Å². The monoisotopic (exact) mass is 812 g/mol. The molecule has 0 aliphatic carbocycles. The van der Waals surface area contributed by atoms with Gasteiger partial charge in [-0.3, -0.25) is 4.79 Å². The zero-order valence-electron chi connectivity index (χ0n) is 28.2. The van der Waals surface area contributed by atoms with E-state index in [2.05, 4.69) is 99.9 Å². The summed E-state index contributed by atoms with van der Waals surface area (Å²) in [5.74, 6) is 0.547. The van der Waals surface area contributed by atoms with Gasteiger partial charge in [-0.05, 0) is 72.4 Å². The number of thiophene rings is 1. The zero-order valence-corrected chi connectivity index (χ0v) is 31.4. The molecule has 46 heavy (non-hydrogen) atoms. The van der Waals surface area contributed by atoms with Crippen molar-refractivity contribution < 1.29 is 34.6 Å². The minimum Gasteiger partial charge on any atom is -0.512 e. The number of carbonyl (C=O) groups is 1. The number of hydrogen-bond acceptors (Lipinski definition) is 4. The van der Waals surface area contributed by atoms with Crippen molar-refractivity contribution in [3.8, 4) is 22.5 Å². The van der Waals surface area contributed by atoms with Gasteiger partial charge in [0.2, 0.25) is 0 Å². The molecule has 0 atom stereocenters. The Bertz CT molecular complexity index is 1790. The summed E-state index contributed by atoms with van der Waals surface area (Å²) >= 11 is 1.72. The Kier molecular flexibility index (Phi) is 13.3. The number of aromatic nitrogens is 2. The summed E-state index contributed by atoms with van der Waals surface area (Å²) in [6.45, 7) is 14.8. The zero-order chi connectivity index (χ0) is 32.7. The molecule has 0 fully saturated rings. The minimum absolute atomic E-state index is 0. The number of allylic oxidation sites excluding steroid dienone is 2. The van der Waals surface area contributed by atoms with Crippen LogP contribution in [0.5, 0.6) is 0 Å². The third kappa shape index (κ3) is 8.73. The normalized spacial score (nSPS) is 11.9. The molecule has 0 spiro atoms. The first-order valence-corrected chi connectivity index (χ1v) is 17.0. The molecule has 4 nitrogen and oxygen atoms in total. The number of rotatable bonds is 9. The second-order valence-corrected chi connectivity index (χ2v) is 13.6. The van der Waals surface area contributed by atoms with Gasteiger partial charge in [-0.2, -0.15) is 0 Å². The van der Waals surface area contributed by atoms with Crippen LogP contribution in [-0.2, 0) is 30.3 Å². The number of aliphatic hydroxyl groups is 1. The third-order valence-electron chi connectivity index (χ3n) is 8.58. The summed E-state index contributed by atoms with van der Waals surface area (Å²) in [4.78, 5) is 16.6. The maximum Gasteiger partial charge on any atom is 0.162 e. The average molecular weight is 812 g/mol. The molecule has 0 unspecified atom stereocenters. The number of hydrogen-bond donors (Lipinski definition) is 1. The van der Waals surface area contributed by atoms with Crippen LogP contribution >= 0.6 is 11.3 Å². The van der Waals surface area contributed by atoms with Gasteiger partial charge in [0.15, 0.2) is 5.78 Å². The standard InChI is InChI=1S/C27H23N2S.C13H24O2.Ir/c1-27(2,3)22-16-20(15-18-7-5-6-8-21(18)22)25-17-19(11-13-29(25)4)23-9-10-26-24(28-23)12-14-30-26;1-5-10(6-2)12(14)9-13(15)11(7-3)8-4;/h5-14,16-17H,4H2,1-3H3;9-11,14H,5-8H2,1-4H3;/q-1;;/b;12-9-;. The van der Waals surface area contributed by atoms with Crippen molar-refractivity contribution in [1.82, 2.24) is 4.98 Å².